The molecule has 42 heavy (non-hydrogen) atoms. The lowest BCUT2D eigenvalue weighted by Gasteiger charge is -2.13. The van der Waals surface area contributed by atoms with Crippen LogP contribution in [0.1, 0.15) is 38.5 Å². The van der Waals surface area contributed by atoms with Crippen molar-refractivity contribution in [3.05, 3.63) is 122 Å². The van der Waals surface area contributed by atoms with Crippen LogP contribution in [-0.4, -0.2) is 16.1 Å². The molecule has 4 aromatic rings. The van der Waals surface area contributed by atoms with Gasteiger partial charge in [0.15, 0.2) is 0 Å². The van der Waals surface area contributed by atoms with Crippen LogP contribution in [-0.2, 0) is 11.3 Å². The maximum atomic E-state index is 13.2. The third-order valence-electron chi connectivity index (χ3n) is 7.15. The lowest BCUT2D eigenvalue weighted by atomic mass is 10.1. The van der Waals surface area contributed by atoms with Gasteiger partial charge in [-0.1, -0.05) is 64.6 Å². The van der Waals surface area contributed by atoms with Crippen molar-refractivity contribution in [2.24, 2.45) is 5.92 Å². The van der Waals surface area contributed by atoms with Crippen LogP contribution in [0.2, 0.25) is 15.1 Å². The van der Waals surface area contributed by atoms with Crippen molar-refractivity contribution in [3.8, 4) is 0 Å². The smallest absolute Gasteiger partial charge is 0.257 e. The van der Waals surface area contributed by atoms with Crippen LogP contribution in [0.15, 0.2) is 78.9 Å². The van der Waals surface area contributed by atoms with E-state index in [1.807, 2.05) is 25.1 Å². The molecular formula is C32H26Cl5N3O2. The number of benzene rings is 4. The summed E-state index contributed by atoms with van der Waals surface area (Å²) in [4.78, 5) is 26.4. The number of anilines is 3. The highest BCUT2D eigenvalue weighted by Crippen LogP contribution is 2.65. The quantitative estimate of drug-likeness (QED) is 0.165. The average Bonchev–Trinajstić information content (AvgIpc) is 3.52. The standard InChI is InChI=1S/C32H26Cl5N3O2/c1-17-3-5-19(6-4-17)16-38-23-8-10-27(18(2)11-23)40-30(41)25-15-24(7-9-26(25)35)39-31(42)29-28(32(29,36)37)20-12-21(33)14-22(34)13-20/h3-15,28-29,38H,16H2,1-2H3,(H,39,42)(H,40,41)/t28-,29+/m0/s1. The van der Waals surface area contributed by atoms with Crippen LogP contribution in [0.3, 0.4) is 0 Å². The van der Waals surface area contributed by atoms with Crippen LogP contribution >= 0.6 is 58.0 Å². The Morgan fingerprint density at radius 3 is 2.12 bits per heavy atom. The number of hydrogen-bond acceptors (Lipinski definition) is 3. The van der Waals surface area contributed by atoms with E-state index in [-0.39, 0.29) is 10.6 Å². The van der Waals surface area contributed by atoms with Gasteiger partial charge in [0.25, 0.3) is 5.91 Å². The highest BCUT2D eigenvalue weighted by molar-refractivity contribution is 6.53. The van der Waals surface area contributed by atoms with Crippen LogP contribution in [0.4, 0.5) is 17.1 Å². The van der Waals surface area contributed by atoms with Crippen LogP contribution in [0, 0.1) is 19.8 Å². The molecule has 2 atom stereocenters. The summed E-state index contributed by atoms with van der Waals surface area (Å²) in [7, 11) is 0. The van der Waals surface area contributed by atoms with Gasteiger partial charge in [-0.2, -0.15) is 0 Å². The van der Waals surface area contributed by atoms with E-state index in [9.17, 15) is 9.59 Å². The molecule has 0 radical (unpaired) electrons. The maximum absolute atomic E-state index is 13.2. The lowest BCUT2D eigenvalue weighted by Crippen LogP contribution is -2.18. The number of rotatable bonds is 8. The van der Waals surface area contributed by atoms with Gasteiger partial charge in [0.2, 0.25) is 5.91 Å². The van der Waals surface area contributed by atoms with Gasteiger partial charge < -0.3 is 16.0 Å². The Hall–Kier alpha value is -2.93. The molecule has 0 unspecified atom stereocenters. The predicted octanol–water partition coefficient (Wildman–Crippen LogP) is 9.65. The molecule has 0 heterocycles. The Morgan fingerprint density at radius 1 is 0.786 bits per heavy atom. The van der Waals surface area contributed by atoms with Crippen molar-refractivity contribution < 1.29 is 9.59 Å². The van der Waals surface area contributed by atoms with Crippen molar-refractivity contribution in [1.82, 2.24) is 0 Å². The first kappa shape index (κ1) is 30.5. The number of carbonyl (C=O) groups excluding carboxylic acids is 2. The number of carbonyl (C=O) groups is 2. The zero-order chi connectivity index (χ0) is 30.2. The van der Waals surface area contributed by atoms with Crippen molar-refractivity contribution >= 4 is 86.9 Å². The fraction of sp³-hybridized carbons (Fsp3) is 0.188. The van der Waals surface area contributed by atoms with Gasteiger partial charge in [0, 0.05) is 39.6 Å². The molecule has 1 fully saturated rings. The third kappa shape index (κ3) is 6.82. The van der Waals surface area contributed by atoms with E-state index in [1.165, 1.54) is 17.2 Å². The van der Waals surface area contributed by atoms with E-state index in [2.05, 4.69) is 47.1 Å². The monoisotopic (exact) mass is 659 g/mol. The molecule has 216 valence electrons. The summed E-state index contributed by atoms with van der Waals surface area (Å²) in [6, 6.07) is 23.7. The van der Waals surface area contributed by atoms with Gasteiger partial charge in [-0.15, -0.1) is 23.2 Å². The molecule has 2 amide bonds. The molecule has 3 N–H and O–H groups in total. The number of amides is 2. The van der Waals surface area contributed by atoms with Gasteiger partial charge in [-0.25, -0.2) is 0 Å². The summed E-state index contributed by atoms with van der Waals surface area (Å²) in [6.45, 7) is 4.65. The second-order valence-corrected chi connectivity index (χ2v) is 13.1. The molecule has 10 heteroatoms. The lowest BCUT2D eigenvalue weighted by molar-refractivity contribution is -0.117. The van der Waals surface area contributed by atoms with Crippen molar-refractivity contribution in [2.45, 2.75) is 30.6 Å². The van der Waals surface area contributed by atoms with E-state index in [0.29, 0.717) is 33.5 Å². The fourth-order valence-electron chi connectivity index (χ4n) is 4.83. The summed E-state index contributed by atoms with van der Waals surface area (Å²) < 4.78 is -1.33. The Kier molecular flexibility index (Phi) is 8.98. The molecule has 5 nitrogen and oxygen atoms in total. The molecule has 0 aromatic heterocycles. The van der Waals surface area contributed by atoms with Crippen LogP contribution in [0.5, 0.6) is 0 Å². The molecule has 0 aliphatic heterocycles. The molecule has 1 aliphatic rings. The SMILES string of the molecule is Cc1ccc(CNc2ccc(NC(=O)c3cc(NC(=O)[C@H]4[C@H](c5cc(Cl)cc(Cl)c5)C4(Cl)Cl)ccc3Cl)c(C)c2)cc1. The highest BCUT2D eigenvalue weighted by Gasteiger charge is 2.67. The summed E-state index contributed by atoms with van der Waals surface area (Å²) in [5, 5.41) is 10.2. The van der Waals surface area contributed by atoms with Crippen molar-refractivity contribution in [3.63, 3.8) is 0 Å². The van der Waals surface area contributed by atoms with E-state index >= 15 is 0 Å². The minimum Gasteiger partial charge on any atom is -0.381 e. The second kappa shape index (κ2) is 12.4. The molecule has 5 rings (SSSR count). The average molecular weight is 662 g/mol. The van der Waals surface area contributed by atoms with E-state index in [4.69, 9.17) is 58.0 Å². The molecular weight excluding hydrogens is 636 g/mol. The first-order valence-electron chi connectivity index (χ1n) is 13.1. The molecule has 0 spiro atoms. The Labute approximate surface area is 269 Å². The first-order valence-corrected chi connectivity index (χ1v) is 15.0. The number of nitrogens with one attached hydrogen (secondary N) is 3. The summed E-state index contributed by atoms with van der Waals surface area (Å²) >= 11 is 31.6. The van der Waals surface area contributed by atoms with Gasteiger partial charge in [0.05, 0.1) is 16.5 Å². The normalized spacial score (nSPS) is 16.9. The number of alkyl halides is 2. The second-order valence-electron chi connectivity index (χ2n) is 10.3. The zero-order valence-corrected chi connectivity index (χ0v) is 26.4. The topological polar surface area (TPSA) is 70.2 Å². The molecule has 4 aromatic carbocycles. The molecule has 1 saturated carbocycles. The Morgan fingerprint density at radius 2 is 1.45 bits per heavy atom. The van der Waals surface area contributed by atoms with Gasteiger partial charge >= 0.3 is 0 Å². The van der Waals surface area contributed by atoms with Gasteiger partial charge in [0.1, 0.15) is 4.33 Å². The zero-order valence-electron chi connectivity index (χ0n) is 22.6. The van der Waals surface area contributed by atoms with E-state index in [0.717, 1.165) is 11.3 Å². The molecule has 0 saturated heterocycles. The number of halogens is 5. The van der Waals surface area contributed by atoms with Crippen molar-refractivity contribution in [2.75, 3.05) is 16.0 Å². The van der Waals surface area contributed by atoms with Crippen molar-refractivity contribution in [1.29, 1.82) is 0 Å². The Balaban J connectivity index is 1.25. The number of hydrogen-bond donors (Lipinski definition) is 3. The molecule has 0 bridgehead atoms. The number of aryl methyl sites for hydroxylation is 2. The minimum absolute atomic E-state index is 0.201. The summed E-state index contributed by atoms with van der Waals surface area (Å²) in [5.41, 5.74) is 6.08. The Bertz CT molecular complexity index is 1650. The van der Waals surface area contributed by atoms with Crippen LogP contribution in [0.25, 0.3) is 0 Å². The third-order valence-corrected chi connectivity index (χ3v) is 8.86. The van der Waals surface area contributed by atoms with Gasteiger partial charge in [-0.3, -0.25) is 9.59 Å². The highest BCUT2D eigenvalue weighted by atomic mass is 35.5. The van der Waals surface area contributed by atoms with E-state index < -0.39 is 28.0 Å². The fourth-order valence-corrected chi connectivity index (χ4v) is 6.41. The predicted molar refractivity (Wildman–Crippen MR) is 175 cm³/mol. The first-order chi connectivity index (χ1) is 19.9. The maximum Gasteiger partial charge on any atom is 0.257 e. The summed E-state index contributed by atoms with van der Waals surface area (Å²) in [5.74, 6) is -2.06. The summed E-state index contributed by atoms with van der Waals surface area (Å²) in [6.07, 6.45) is 0. The van der Waals surface area contributed by atoms with Crippen LogP contribution < -0.4 is 16.0 Å². The van der Waals surface area contributed by atoms with E-state index in [1.54, 1.807) is 30.3 Å². The largest absolute Gasteiger partial charge is 0.381 e. The molecule has 1 aliphatic carbocycles. The van der Waals surface area contributed by atoms with Gasteiger partial charge in [-0.05, 0) is 85.1 Å². The minimum atomic E-state index is -1.33.